The average Bonchev–Trinajstić information content (AvgIpc) is 2.60. The first-order valence-electron chi connectivity index (χ1n) is 7.19. The number of benzene rings is 2. The first kappa shape index (κ1) is 17.1. The van der Waals surface area contributed by atoms with Crippen LogP contribution in [-0.4, -0.2) is 23.5 Å². The number of nitrogens with zero attached hydrogens (tertiary/aromatic N) is 1. The second kappa shape index (κ2) is 7.87. The van der Waals surface area contributed by atoms with Gasteiger partial charge in [0, 0.05) is 12.1 Å². The number of nitro benzene ring substituents is 1. The number of carbonyl (C=O) groups is 2. The van der Waals surface area contributed by atoms with Gasteiger partial charge in [-0.2, -0.15) is 0 Å². The van der Waals surface area contributed by atoms with Gasteiger partial charge in [0.05, 0.1) is 22.7 Å². The number of nitro groups is 1. The SMILES string of the molecule is CCOC(=O)c1cccc(COC(=O)c2ccc([N+](=O)[O-])cc2)c1. The van der Waals surface area contributed by atoms with Crippen LogP contribution in [-0.2, 0) is 16.1 Å². The van der Waals surface area contributed by atoms with Crippen LogP contribution in [0, 0.1) is 10.1 Å². The second-order valence-electron chi connectivity index (χ2n) is 4.80. The third-order valence-electron chi connectivity index (χ3n) is 3.12. The van der Waals surface area contributed by atoms with Gasteiger partial charge in [-0.05, 0) is 36.8 Å². The van der Waals surface area contributed by atoms with E-state index in [9.17, 15) is 19.7 Å². The minimum Gasteiger partial charge on any atom is -0.462 e. The molecule has 2 aromatic carbocycles. The van der Waals surface area contributed by atoms with E-state index in [-0.39, 0.29) is 24.5 Å². The van der Waals surface area contributed by atoms with Gasteiger partial charge in [-0.1, -0.05) is 12.1 Å². The quantitative estimate of drug-likeness (QED) is 0.459. The Kier molecular flexibility index (Phi) is 5.62. The summed E-state index contributed by atoms with van der Waals surface area (Å²) in [7, 11) is 0. The van der Waals surface area contributed by atoms with Gasteiger partial charge in [-0.25, -0.2) is 9.59 Å². The Morgan fingerprint density at radius 2 is 1.67 bits per heavy atom. The van der Waals surface area contributed by atoms with Crippen molar-refractivity contribution in [2.45, 2.75) is 13.5 Å². The Bertz CT molecular complexity index is 754. The van der Waals surface area contributed by atoms with E-state index in [1.165, 1.54) is 24.3 Å². The summed E-state index contributed by atoms with van der Waals surface area (Å²) < 4.78 is 10.1. The van der Waals surface area contributed by atoms with Crippen LogP contribution in [0.1, 0.15) is 33.2 Å². The monoisotopic (exact) mass is 329 g/mol. The lowest BCUT2D eigenvalue weighted by atomic mass is 10.1. The summed E-state index contributed by atoms with van der Waals surface area (Å²) >= 11 is 0. The Hall–Kier alpha value is -3.22. The van der Waals surface area contributed by atoms with Crippen LogP contribution in [0.4, 0.5) is 5.69 Å². The minimum absolute atomic E-state index is 0.0247. The summed E-state index contributed by atoms with van der Waals surface area (Å²) in [5.41, 5.74) is 1.12. The van der Waals surface area contributed by atoms with Gasteiger partial charge in [-0.3, -0.25) is 10.1 Å². The highest BCUT2D eigenvalue weighted by Crippen LogP contribution is 2.14. The molecule has 0 aliphatic rings. The molecule has 2 aromatic rings. The maximum absolute atomic E-state index is 11.9. The molecule has 0 amide bonds. The predicted octanol–water partition coefficient (Wildman–Crippen LogP) is 3.13. The van der Waals surface area contributed by atoms with Crippen molar-refractivity contribution in [1.29, 1.82) is 0 Å². The molecule has 0 N–H and O–H groups in total. The zero-order chi connectivity index (χ0) is 17.5. The lowest BCUT2D eigenvalue weighted by Gasteiger charge is -2.07. The third-order valence-corrected chi connectivity index (χ3v) is 3.12. The fourth-order valence-electron chi connectivity index (χ4n) is 1.95. The molecule has 0 aromatic heterocycles. The Morgan fingerprint density at radius 3 is 2.29 bits per heavy atom. The maximum Gasteiger partial charge on any atom is 0.338 e. The number of carbonyl (C=O) groups excluding carboxylic acids is 2. The van der Waals surface area contributed by atoms with Gasteiger partial charge in [0.25, 0.3) is 5.69 Å². The summed E-state index contributed by atoms with van der Waals surface area (Å²) in [4.78, 5) is 33.6. The van der Waals surface area contributed by atoms with Crippen LogP contribution >= 0.6 is 0 Å². The molecule has 0 heterocycles. The molecule has 0 unspecified atom stereocenters. The summed E-state index contributed by atoms with van der Waals surface area (Å²) in [5, 5.41) is 10.6. The molecule has 0 atom stereocenters. The molecule has 0 radical (unpaired) electrons. The van der Waals surface area contributed by atoms with Crippen molar-refractivity contribution in [3.05, 3.63) is 75.3 Å². The number of rotatable bonds is 6. The van der Waals surface area contributed by atoms with Gasteiger partial charge in [-0.15, -0.1) is 0 Å². The molecular weight excluding hydrogens is 314 g/mol. The average molecular weight is 329 g/mol. The zero-order valence-corrected chi connectivity index (χ0v) is 12.9. The van der Waals surface area contributed by atoms with Crippen LogP contribution in [0.15, 0.2) is 48.5 Å². The smallest absolute Gasteiger partial charge is 0.338 e. The molecule has 0 bridgehead atoms. The van der Waals surface area contributed by atoms with Crippen LogP contribution in [0.25, 0.3) is 0 Å². The standard InChI is InChI=1S/C17H15NO6/c1-2-23-17(20)14-5-3-4-12(10-14)11-24-16(19)13-6-8-15(9-7-13)18(21)22/h3-10H,2,11H2,1H3. The number of hydrogen-bond donors (Lipinski definition) is 0. The summed E-state index contributed by atoms with van der Waals surface area (Å²) in [6.45, 7) is 1.97. The van der Waals surface area contributed by atoms with Crippen molar-refractivity contribution < 1.29 is 24.0 Å². The van der Waals surface area contributed by atoms with Crippen LogP contribution in [0.3, 0.4) is 0 Å². The fourth-order valence-corrected chi connectivity index (χ4v) is 1.95. The summed E-state index contributed by atoms with van der Waals surface area (Å²) in [6.07, 6.45) is 0. The number of hydrogen-bond acceptors (Lipinski definition) is 6. The van der Waals surface area contributed by atoms with E-state index in [1.54, 1.807) is 31.2 Å². The van der Waals surface area contributed by atoms with E-state index in [0.717, 1.165) is 0 Å². The topological polar surface area (TPSA) is 95.7 Å². The molecule has 2 rings (SSSR count). The lowest BCUT2D eigenvalue weighted by molar-refractivity contribution is -0.384. The van der Waals surface area contributed by atoms with E-state index in [4.69, 9.17) is 9.47 Å². The van der Waals surface area contributed by atoms with Crippen molar-refractivity contribution in [3.63, 3.8) is 0 Å². The second-order valence-corrected chi connectivity index (χ2v) is 4.80. The van der Waals surface area contributed by atoms with Gasteiger partial charge >= 0.3 is 11.9 Å². The third kappa shape index (κ3) is 4.39. The Morgan fingerprint density at radius 1 is 1.00 bits per heavy atom. The van der Waals surface area contributed by atoms with Crippen molar-refractivity contribution in [2.75, 3.05) is 6.61 Å². The van der Waals surface area contributed by atoms with E-state index < -0.39 is 16.9 Å². The van der Waals surface area contributed by atoms with Gasteiger partial charge in [0.2, 0.25) is 0 Å². The first-order valence-corrected chi connectivity index (χ1v) is 7.19. The van der Waals surface area contributed by atoms with Crippen LogP contribution < -0.4 is 0 Å². The maximum atomic E-state index is 11.9. The highest BCUT2D eigenvalue weighted by molar-refractivity contribution is 5.90. The number of ether oxygens (including phenoxy) is 2. The molecule has 124 valence electrons. The van der Waals surface area contributed by atoms with Gasteiger partial charge in [0.1, 0.15) is 6.61 Å². The molecular formula is C17H15NO6. The number of esters is 2. The van der Waals surface area contributed by atoms with Gasteiger partial charge < -0.3 is 9.47 Å². The highest BCUT2D eigenvalue weighted by atomic mass is 16.6. The van der Waals surface area contributed by atoms with Crippen LogP contribution in [0.5, 0.6) is 0 Å². The highest BCUT2D eigenvalue weighted by Gasteiger charge is 2.12. The molecule has 24 heavy (non-hydrogen) atoms. The largest absolute Gasteiger partial charge is 0.462 e. The molecule has 0 saturated carbocycles. The molecule has 0 aliphatic carbocycles. The van der Waals surface area contributed by atoms with E-state index in [0.29, 0.717) is 11.1 Å². The zero-order valence-electron chi connectivity index (χ0n) is 12.9. The molecule has 7 heteroatoms. The molecule has 0 spiro atoms. The molecule has 0 fully saturated rings. The predicted molar refractivity (Wildman–Crippen MR) is 84.6 cm³/mol. The Balaban J connectivity index is 2.00. The first-order chi connectivity index (χ1) is 11.5. The van der Waals surface area contributed by atoms with Crippen molar-refractivity contribution >= 4 is 17.6 Å². The fraction of sp³-hybridized carbons (Fsp3) is 0.176. The molecule has 7 nitrogen and oxygen atoms in total. The lowest BCUT2D eigenvalue weighted by Crippen LogP contribution is -2.07. The summed E-state index contributed by atoms with van der Waals surface area (Å²) in [6, 6.07) is 11.7. The summed E-state index contributed by atoms with van der Waals surface area (Å²) in [5.74, 6) is -1.05. The minimum atomic E-state index is -0.605. The van der Waals surface area contributed by atoms with Gasteiger partial charge in [0.15, 0.2) is 0 Å². The van der Waals surface area contributed by atoms with E-state index in [1.807, 2.05) is 0 Å². The van der Waals surface area contributed by atoms with Crippen LogP contribution in [0.2, 0.25) is 0 Å². The Labute approximate surface area is 138 Å². The van der Waals surface area contributed by atoms with E-state index in [2.05, 4.69) is 0 Å². The van der Waals surface area contributed by atoms with Crippen molar-refractivity contribution in [3.8, 4) is 0 Å². The van der Waals surface area contributed by atoms with Crippen molar-refractivity contribution in [2.24, 2.45) is 0 Å². The molecule has 0 aliphatic heterocycles. The number of non-ortho nitro benzene ring substituents is 1. The molecule has 0 saturated heterocycles. The van der Waals surface area contributed by atoms with E-state index >= 15 is 0 Å². The van der Waals surface area contributed by atoms with Crippen molar-refractivity contribution in [1.82, 2.24) is 0 Å². The normalized spacial score (nSPS) is 10.0.